The minimum atomic E-state index is -0.703. The number of para-hydroxylation sites is 1. The van der Waals surface area contributed by atoms with Gasteiger partial charge < -0.3 is 5.11 Å². The predicted octanol–water partition coefficient (Wildman–Crippen LogP) is 3.73. The van der Waals surface area contributed by atoms with Crippen molar-refractivity contribution in [3.63, 3.8) is 0 Å². The van der Waals surface area contributed by atoms with Gasteiger partial charge in [0.25, 0.3) is 0 Å². The molecule has 1 aliphatic rings. The summed E-state index contributed by atoms with van der Waals surface area (Å²) in [5, 5.41) is 14.7. The number of hydrogen-bond acceptors (Lipinski definition) is 3. The lowest BCUT2D eigenvalue weighted by Gasteiger charge is -2.20. The van der Waals surface area contributed by atoms with Crippen molar-refractivity contribution in [3.05, 3.63) is 46.7 Å². The van der Waals surface area contributed by atoms with Gasteiger partial charge in [0.1, 0.15) is 0 Å². The lowest BCUT2D eigenvalue weighted by atomic mass is 9.89. The number of halogens is 1. The summed E-state index contributed by atoms with van der Waals surface area (Å²) in [5.74, 6) is -0.970. The predicted molar refractivity (Wildman–Crippen MR) is 98.3 cm³/mol. The second kappa shape index (κ2) is 6.81. The van der Waals surface area contributed by atoms with Crippen molar-refractivity contribution in [2.75, 3.05) is 13.1 Å². The molecule has 1 saturated heterocycles. The van der Waals surface area contributed by atoms with E-state index in [2.05, 4.69) is 25.7 Å². The summed E-state index contributed by atoms with van der Waals surface area (Å²) in [5.41, 5.74) is 2.89. The third-order valence-electron chi connectivity index (χ3n) is 4.62. The molecule has 1 fully saturated rings. The van der Waals surface area contributed by atoms with Gasteiger partial charge >= 0.3 is 5.97 Å². The summed E-state index contributed by atoms with van der Waals surface area (Å²) in [6.07, 6.45) is 2.73. The number of nitrogens with zero attached hydrogens (tertiary/aromatic N) is 3. The number of carboxylic acids is 1. The van der Waals surface area contributed by atoms with Crippen molar-refractivity contribution in [2.24, 2.45) is 5.92 Å². The van der Waals surface area contributed by atoms with E-state index in [-0.39, 0.29) is 11.3 Å². The number of hydrogen-bond donors (Lipinski definition) is 1. The average Bonchev–Trinajstić information content (AvgIpc) is 3.15. The van der Waals surface area contributed by atoms with Gasteiger partial charge in [-0.25, -0.2) is 4.68 Å². The Morgan fingerprint density at radius 2 is 2.08 bits per heavy atom. The fourth-order valence-electron chi connectivity index (χ4n) is 3.34. The van der Waals surface area contributed by atoms with Crippen LogP contribution in [0.3, 0.4) is 0 Å². The molecule has 5 nitrogen and oxygen atoms in total. The van der Waals surface area contributed by atoms with Crippen molar-refractivity contribution in [1.82, 2.24) is 14.7 Å². The SMILES string of the molecule is CC(C)(C)c1nn(-c2ccccc2Cl)cc1CN1CCC(C(=O)O)C1. The van der Waals surface area contributed by atoms with Crippen LogP contribution in [0.2, 0.25) is 5.02 Å². The van der Waals surface area contributed by atoms with E-state index in [0.29, 0.717) is 24.5 Å². The molecule has 0 aliphatic carbocycles. The van der Waals surface area contributed by atoms with E-state index in [4.69, 9.17) is 16.7 Å². The summed E-state index contributed by atoms with van der Waals surface area (Å²) in [6, 6.07) is 7.64. The Hall–Kier alpha value is -1.85. The maximum atomic E-state index is 11.2. The Bertz CT molecular complexity index is 779. The van der Waals surface area contributed by atoms with Crippen molar-refractivity contribution < 1.29 is 9.90 Å². The zero-order valence-electron chi connectivity index (χ0n) is 14.9. The molecule has 2 heterocycles. The van der Waals surface area contributed by atoms with Gasteiger partial charge in [0, 0.05) is 30.3 Å². The number of aliphatic carboxylic acids is 1. The van der Waals surface area contributed by atoms with Crippen LogP contribution in [0.15, 0.2) is 30.5 Å². The normalized spacial score (nSPS) is 18.6. The smallest absolute Gasteiger partial charge is 0.307 e. The first kappa shape index (κ1) is 18.0. The van der Waals surface area contributed by atoms with Gasteiger partial charge in [0.15, 0.2) is 0 Å². The Labute approximate surface area is 153 Å². The van der Waals surface area contributed by atoms with Crippen LogP contribution >= 0.6 is 11.6 Å². The van der Waals surface area contributed by atoms with Gasteiger partial charge in [-0.2, -0.15) is 5.10 Å². The molecule has 0 amide bonds. The monoisotopic (exact) mass is 361 g/mol. The zero-order valence-corrected chi connectivity index (χ0v) is 15.6. The second-order valence-corrected chi connectivity index (χ2v) is 8.12. The summed E-state index contributed by atoms with van der Waals surface area (Å²) in [6.45, 7) is 8.52. The van der Waals surface area contributed by atoms with E-state index in [0.717, 1.165) is 23.5 Å². The van der Waals surface area contributed by atoms with Gasteiger partial charge in [-0.1, -0.05) is 44.5 Å². The summed E-state index contributed by atoms with van der Waals surface area (Å²) in [7, 11) is 0. The molecule has 1 N–H and O–H groups in total. The second-order valence-electron chi connectivity index (χ2n) is 7.71. The first-order valence-electron chi connectivity index (χ1n) is 8.55. The van der Waals surface area contributed by atoms with Crippen LogP contribution in [0, 0.1) is 5.92 Å². The summed E-state index contributed by atoms with van der Waals surface area (Å²) < 4.78 is 1.84. The highest BCUT2D eigenvalue weighted by Gasteiger charge is 2.30. The highest BCUT2D eigenvalue weighted by atomic mass is 35.5. The Kier molecular flexibility index (Phi) is 4.89. The quantitative estimate of drug-likeness (QED) is 0.901. The first-order chi connectivity index (χ1) is 11.8. The van der Waals surface area contributed by atoms with E-state index in [1.165, 1.54) is 0 Å². The third-order valence-corrected chi connectivity index (χ3v) is 4.93. The van der Waals surface area contributed by atoms with Crippen LogP contribution in [0.1, 0.15) is 38.4 Å². The van der Waals surface area contributed by atoms with E-state index in [9.17, 15) is 9.90 Å². The molecular weight excluding hydrogens is 338 g/mol. The van der Waals surface area contributed by atoms with Crippen LogP contribution in [0.4, 0.5) is 0 Å². The first-order valence-corrected chi connectivity index (χ1v) is 8.92. The zero-order chi connectivity index (χ0) is 18.2. The number of likely N-dealkylation sites (tertiary alicyclic amines) is 1. The van der Waals surface area contributed by atoms with E-state index in [1.807, 2.05) is 35.1 Å². The molecule has 1 aliphatic heterocycles. The minimum absolute atomic E-state index is 0.103. The topological polar surface area (TPSA) is 58.4 Å². The molecule has 0 spiro atoms. The van der Waals surface area contributed by atoms with Crippen LogP contribution < -0.4 is 0 Å². The van der Waals surface area contributed by atoms with Gasteiger partial charge in [-0.3, -0.25) is 9.69 Å². The van der Waals surface area contributed by atoms with Gasteiger partial charge in [0.2, 0.25) is 0 Å². The van der Waals surface area contributed by atoms with Crippen LogP contribution in [0.25, 0.3) is 5.69 Å². The van der Waals surface area contributed by atoms with E-state index >= 15 is 0 Å². The Morgan fingerprint density at radius 1 is 1.36 bits per heavy atom. The van der Waals surface area contributed by atoms with E-state index < -0.39 is 5.97 Å². The largest absolute Gasteiger partial charge is 0.481 e. The molecule has 134 valence electrons. The van der Waals surface area contributed by atoms with Crippen LogP contribution in [-0.4, -0.2) is 38.8 Å². The number of benzene rings is 1. The van der Waals surface area contributed by atoms with Crippen molar-refractivity contribution >= 4 is 17.6 Å². The maximum Gasteiger partial charge on any atom is 0.307 e. The third kappa shape index (κ3) is 3.88. The fourth-order valence-corrected chi connectivity index (χ4v) is 3.56. The highest BCUT2D eigenvalue weighted by Crippen LogP contribution is 2.29. The lowest BCUT2D eigenvalue weighted by molar-refractivity contribution is -0.141. The van der Waals surface area contributed by atoms with E-state index in [1.54, 1.807) is 0 Å². The minimum Gasteiger partial charge on any atom is -0.481 e. The number of carbonyl (C=O) groups is 1. The summed E-state index contributed by atoms with van der Waals surface area (Å²) >= 11 is 6.32. The molecule has 6 heteroatoms. The lowest BCUT2D eigenvalue weighted by Crippen LogP contribution is -2.24. The molecule has 0 radical (unpaired) electrons. The molecule has 25 heavy (non-hydrogen) atoms. The van der Waals surface area contributed by atoms with Gasteiger partial charge in [-0.15, -0.1) is 0 Å². The Balaban J connectivity index is 1.91. The van der Waals surface area contributed by atoms with Crippen LogP contribution in [-0.2, 0) is 16.8 Å². The molecule has 1 aromatic heterocycles. The molecule has 1 unspecified atom stereocenters. The number of carboxylic acid groups (broad SMARTS) is 1. The van der Waals surface area contributed by atoms with Crippen molar-refractivity contribution in [1.29, 1.82) is 0 Å². The maximum absolute atomic E-state index is 11.2. The number of aromatic nitrogens is 2. The van der Waals surface area contributed by atoms with Gasteiger partial charge in [-0.05, 0) is 25.1 Å². The fraction of sp³-hybridized carbons (Fsp3) is 0.474. The number of rotatable bonds is 4. The molecule has 1 atom stereocenters. The molecule has 0 bridgehead atoms. The van der Waals surface area contributed by atoms with Crippen molar-refractivity contribution in [2.45, 2.75) is 39.2 Å². The molecule has 2 aromatic rings. The average molecular weight is 362 g/mol. The Morgan fingerprint density at radius 3 is 2.68 bits per heavy atom. The standard InChI is InChI=1S/C19H24ClN3O2/c1-19(2,3)17-14(11-22-9-8-13(10-22)18(24)25)12-23(21-17)16-7-5-4-6-15(16)20/h4-7,12-13H,8-11H2,1-3H3,(H,24,25). The van der Waals surface area contributed by atoms with Gasteiger partial charge in [0.05, 0.1) is 22.3 Å². The summed E-state index contributed by atoms with van der Waals surface area (Å²) in [4.78, 5) is 13.4. The molecule has 0 saturated carbocycles. The van der Waals surface area contributed by atoms with Crippen LogP contribution in [0.5, 0.6) is 0 Å². The molecule has 3 rings (SSSR count). The highest BCUT2D eigenvalue weighted by molar-refractivity contribution is 6.32. The molecular formula is C19H24ClN3O2. The van der Waals surface area contributed by atoms with Crippen molar-refractivity contribution in [3.8, 4) is 5.69 Å². The molecule has 1 aromatic carbocycles.